The SMILES string of the molecule is c1ccc(-c2nc3c4ccccc4c4ccccc4c3n2-c2ccc(-c3cc4c5c(c3)c3ccccc3n5-c3ccccc3C4(c3ccccc3)c3ccccc3)cc2)cc1. The van der Waals surface area contributed by atoms with Crippen molar-refractivity contribution in [2.75, 3.05) is 0 Å². The second-order valence-electron chi connectivity index (χ2n) is 16.2. The molecule has 10 aromatic carbocycles. The van der Waals surface area contributed by atoms with E-state index >= 15 is 0 Å². The van der Waals surface area contributed by atoms with Gasteiger partial charge >= 0.3 is 0 Å². The fraction of sp³-hybridized carbons (Fsp3) is 0.0172. The van der Waals surface area contributed by atoms with Gasteiger partial charge in [-0.3, -0.25) is 4.57 Å². The maximum atomic E-state index is 5.47. The Hall–Kier alpha value is -8.01. The van der Waals surface area contributed by atoms with Gasteiger partial charge in [0.1, 0.15) is 5.82 Å². The molecule has 3 nitrogen and oxygen atoms in total. The van der Waals surface area contributed by atoms with Gasteiger partial charge in [0.05, 0.1) is 33.2 Å². The third-order valence-electron chi connectivity index (χ3n) is 13.2. The Morgan fingerprint density at radius 1 is 0.344 bits per heavy atom. The van der Waals surface area contributed by atoms with Crippen LogP contribution in [0.25, 0.3) is 88.3 Å². The van der Waals surface area contributed by atoms with Crippen LogP contribution in [0.15, 0.2) is 224 Å². The van der Waals surface area contributed by atoms with Crippen molar-refractivity contribution in [3.8, 4) is 33.9 Å². The molecule has 0 fully saturated rings. The minimum Gasteiger partial charge on any atom is -0.309 e. The van der Waals surface area contributed by atoms with Gasteiger partial charge in [0.15, 0.2) is 0 Å². The molecule has 2 aromatic heterocycles. The minimum absolute atomic E-state index is 0.568. The zero-order valence-corrected chi connectivity index (χ0v) is 33.2. The highest BCUT2D eigenvalue weighted by molar-refractivity contribution is 6.24. The van der Waals surface area contributed by atoms with Crippen molar-refractivity contribution in [2.45, 2.75) is 5.41 Å². The number of hydrogen-bond acceptors (Lipinski definition) is 1. The first-order chi connectivity index (χ1) is 30.3. The number of nitrogens with zero attached hydrogens (tertiary/aromatic N) is 3. The van der Waals surface area contributed by atoms with E-state index in [1.165, 1.54) is 71.5 Å². The van der Waals surface area contributed by atoms with Gasteiger partial charge in [-0.2, -0.15) is 0 Å². The van der Waals surface area contributed by atoms with Gasteiger partial charge in [-0.05, 0) is 80.6 Å². The third kappa shape index (κ3) is 4.72. The average Bonchev–Trinajstić information content (AvgIpc) is 3.91. The summed E-state index contributed by atoms with van der Waals surface area (Å²) in [5.41, 5.74) is 14.8. The summed E-state index contributed by atoms with van der Waals surface area (Å²) >= 11 is 0. The first kappa shape index (κ1) is 33.9. The van der Waals surface area contributed by atoms with Crippen LogP contribution in [0.1, 0.15) is 22.3 Å². The Bertz CT molecular complexity index is 3630. The van der Waals surface area contributed by atoms with Gasteiger partial charge < -0.3 is 4.57 Å². The van der Waals surface area contributed by atoms with Crippen LogP contribution < -0.4 is 0 Å². The number of para-hydroxylation sites is 2. The highest BCUT2D eigenvalue weighted by atomic mass is 15.1. The van der Waals surface area contributed by atoms with E-state index in [2.05, 4.69) is 234 Å². The lowest BCUT2D eigenvalue weighted by molar-refractivity contribution is 0.728. The smallest absolute Gasteiger partial charge is 0.145 e. The van der Waals surface area contributed by atoms with E-state index in [1.54, 1.807) is 0 Å². The fourth-order valence-corrected chi connectivity index (χ4v) is 10.6. The molecule has 0 amide bonds. The number of hydrogen-bond donors (Lipinski definition) is 0. The predicted molar refractivity (Wildman–Crippen MR) is 253 cm³/mol. The van der Waals surface area contributed by atoms with E-state index in [4.69, 9.17) is 4.98 Å². The Kier molecular flexibility index (Phi) is 7.22. The predicted octanol–water partition coefficient (Wildman–Crippen LogP) is 14.5. The summed E-state index contributed by atoms with van der Waals surface area (Å²) in [5, 5.41) is 7.30. The van der Waals surface area contributed by atoms with E-state index in [1.807, 2.05) is 0 Å². The standard InChI is InChI=1S/C58H37N3/c1-4-18-39(19-5-1)57-59-54-47-27-12-10-24-44(47)45-25-11-13-28-48(45)56(54)60(57)43-34-32-38(33-35-43)40-36-49-46-26-14-16-30-52(46)61-53-31-17-15-29-50(53)58(51(37-40)55(49)61,41-20-6-2-7-21-41)42-22-8-3-9-23-42/h1-37H. The molecule has 0 saturated carbocycles. The molecule has 0 saturated heterocycles. The summed E-state index contributed by atoms with van der Waals surface area (Å²) in [5.74, 6) is 0.928. The number of imidazole rings is 1. The van der Waals surface area contributed by atoms with Crippen LogP contribution in [0, 0.1) is 0 Å². The van der Waals surface area contributed by atoms with Gasteiger partial charge in [0, 0.05) is 32.8 Å². The third-order valence-corrected chi connectivity index (χ3v) is 13.2. The summed E-state index contributed by atoms with van der Waals surface area (Å²) in [4.78, 5) is 5.47. The first-order valence-electron chi connectivity index (χ1n) is 21.1. The molecule has 13 rings (SSSR count). The quantitative estimate of drug-likeness (QED) is 0.160. The fourth-order valence-electron chi connectivity index (χ4n) is 10.6. The molecule has 3 heteroatoms. The molecular formula is C58H37N3. The van der Waals surface area contributed by atoms with E-state index < -0.39 is 5.41 Å². The highest BCUT2D eigenvalue weighted by Gasteiger charge is 2.45. The molecule has 0 unspecified atom stereocenters. The molecular weight excluding hydrogens is 739 g/mol. The molecule has 0 N–H and O–H groups in total. The van der Waals surface area contributed by atoms with Crippen molar-refractivity contribution in [2.24, 2.45) is 0 Å². The number of aromatic nitrogens is 3. The molecule has 0 spiro atoms. The van der Waals surface area contributed by atoms with Crippen LogP contribution in [-0.4, -0.2) is 14.1 Å². The van der Waals surface area contributed by atoms with Crippen LogP contribution in [0.3, 0.4) is 0 Å². The van der Waals surface area contributed by atoms with Gasteiger partial charge in [-0.25, -0.2) is 4.98 Å². The molecule has 12 aromatic rings. The van der Waals surface area contributed by atoms with Crippen LogP contribution in [0.4, 0.5) is 0 Å². The normalized spacial score (nSPS) is 13.0. The second kappa shape index (κ2) is 13.0. The molecule has 284 valence electrons. The van der Waals surface area contributed by atoms with Crippen LogP contribution >= 0.6 is 0 Å². The van der Waals surface area contributed by atoms with Crippen molar-refractivity contribution in [1.29, 1.82) is 0 Å². The Labute approximate surface area is 353 Å². The lowest BCUT2D eigenvalue weighted by Crippen LogP contribution is -2.35. The largest absolute Gasteiger partial charge is 0.309 e. The molecule has 3 heterocycles. The van der Waals surface area contributed by atoms with E-state index in [0.29, 0.717) is 0 Å². The Balaban J connectivity index is 1.09. The van der Waals surface area contributed by atoms with Crippen molar-refractivity contribution >= 4 is 54.4 Å². The maximum Gasteiger partial charge on any atom is 0.145 e. The molecule has 0 radical (unpaired) electrons. The van der Waals surface area contributed by atoms with Crippen molar-refractivity contribution in [3.05, 3.63) is 247 Å². The summed E-state index contributed by atoms with van der Waals surface area (Å²) in [7, 11) is 0. The van der Waals surface area contributed by atoms with Crippen LogP contribution in [0.5, 0.6) is 0 Å². The molecule has 61 heavy (non-hydrogen) atoms. The second-order valence-corrected chi connectivity index (χ2v) is 16.2. The minimum atomic E-state index is -0.568. The van der Waals surface area contributed by atoms with E-state index in [-0.39, 0.29) is 0 Å². The first-order valence-corrected chi connectivity index (χ1v) is 21.1. The average molecular weight is 776 g/mol. The van der Waals surface area contributed by atoms with Gasteiger partial charge in [0.2, 0.25) is 0 Å². The molecule has 1 aliphatic rings. The van der Waals surface area contributed by atoms with Gasteiger partial charge in [-0.1, -0.05) is 188 Å². The Morgan fingerprint density at radius 2 is 0.902 bits per heavy atom. The van der Waals surface area contributed by atoms with Crippen LogP contribution in [-0.2, 0) is 5.41 Å². The summed E-state index contributed by atoms with van der Waals surface area (Å²) < 4.78 is 4.88. The van der Waals surface area contributed by atoms with Crippen molar-refractivity contribution in [3.63, 3.8) is 0 Å². The molecule has 0 aliphatic carbocycles. The number of fused-ring (bicyclic) bond motifs is 11. The summed E-state index contributed by atoms with van der Waals surface area (Å²) in [6.07, 6.45) is 0. The van der Waals surface area contributed by atoms with Crippen molar-refractivity contribution < 1.29 is 0 Å². The maximum absolute atomic E-state index is 5.47. The lowest BCUT2D eigenvalue weighted by Gasteiger charge is -2.42. The van der Waals surface area contributed by atoms with Crippen LogP contribution in [0.2, 0.25) is 0 Å². The number of benzene rings is 10. The summed E-state index contributed by atoms with van der Waals surface area (Å²) in [6.45, 7) is 0. The van der Waals surface area contributed by atoms with E-state index in [0.717, 1.165) is 39.1 Å². The Morgan fingerprint density at radius 3 is 1.61 bits per heavy atom. The highest BCUT2D eigenvalue weighted by Crippen LogP contribution is 2.55. The number of rotatable bonds is 5. The zero-order valence-electron chi connectivity index (χ0n) is 33.2. The molecule has 1 aliphatic heterocycles. The van der Waals surface area contributed by atoms with E-state index in [9.17, 15) is 0 Å². The van der Waals surface area contributed by atoms with Crippen molar-refractivity contribution in [1.82, 2.24) is 14.1 Å². The van der Waals surface area contributed by atoms with Gasteiger partial charge in [0.25, 0.3) is 0 Å². The summed E-state index contributed by atoms with van der Waals surface area (Å²) in [6, 6.07) is 82.2. The monoisotopic (exact) mass is 775 g/mol. The lowest BCUT2D eigenvalue weighted by atomic mass is 9.63. The van der Waals surface area contributed by atoms with Gasteiger partial charge in [-0.15, -0.1) is 0 Å². The molecule has 0 bridgehead atoms. The molecule has 0 atom stereocenters. The zero-order chi connectivity index (χ0) is 40.1. The topological polar surface area (TPSA) is 22.8 Å².